The van der Waals surface area contributed by atoms with Gasteiger partial charge in [0.15, 0.2) is 5.13 Å². The van der Waals surface area contributed by atoms with Crippen LogP contribution in [-0.4, -0.2) is 24.1 Å². The number of anilines is 2. The zero-order valence-corrected chi connectivity index (χ0v) is 8.93. The fourth-order valence-electron chi connectivity index (χ4n) is 1.18. The summed E-state index contributed by atoms with van der Waals surface area (Å²) >= 11 is 1.60. The predicted octanol–water partition coefficient (Wildman–Crippen LogP) is 1.77. The molecule has 4 nitrogen and oxygen atoms in total. The molecule has 0 saturated heterocycles. The van der Waals surface area contributed by atoms with Gasteiger partial charge in [0.05, 0.1) is 10.2 Å². The van der Waals surface area contributed by atoms with Crippen molar-refractivity contribution in [3.05, 3.63) is 18.2 Å². The van der Waals surface area contributed by atoms with E-state index in [9.17, 15) is 0 Å². The summed E-state index contributed by atoms with van der Waals surface area (Å²) in [6, 6.07) is 5.73. The van der Waals surface area contributed by atoms with Crippen LogP contribution in [-0.2, 0) is 0 Å². The average Bonchev–Trinajstić information content (AvgIpc) is 2.44. The van der Waals surface area contributed by atoms with E-state index in [1.165, 1.54) is 0 Å². The summed E-state index contributed by atoms with van der Waals surface area (Å²) in [4.78, 5) is 4.40. The van der Waals surface area contributed by atoms with Crippen LogP contribution in [0, 0.1) is 0 Å². The van der Waals surface area contributed by atoms with Crippen LogP contribution in [0.2, 0.25) is 0 Å². The highest BCUT2D eigenvalue weighted by Gasteiger charge is 2.03. The van der Waals surface area contributed by atoms with Gasteiger partial charge in [-0.15, -0.1) is 0 Å². The number of hydrazine groups is 1. The molecule has 0 amide bonds. The Morgan fingerprint density at radius 2 is 2.21 bits per heavy atom. The van der Waals surface area contributed by atoms with Gasteiger partial charge in [-0.05, 0) is 18.2 Å². The number of nitrogens with zero attached hydrogens (tertiary/aromatic N) is 2. The summed E-state index contributed by atoms with van der Waals surface area (Å²) in [7, 11) is 3.86. The molecule has 0 aliphatic rings. The van der Waals surface area contributed by atoms with Crippen molar-refractivity contribution < 1.29 is 0 Å². The Hall–Kier alpha value is -1.33. The number of fused-ring (bicyclic) bond motifs is 1. The van der Waals surface area contributed by atoms with Crippen molar-refractivity contribution >= 4 is 32.4 Å². The van der Waals surface area contributed by atoms with Crippen LogP contribution >= 0.6 is 11.3 Å². The van der Waals surface area contributed by atoms with E-state index in [4.69, 9.17) is 5.73 Å². The Kier molecular flexibility index (Phi) is 2.26. The van der Waals surface area contributed by atoms with Gasteiger partial charge in [0.2, 0.25) is 0 Å². The molecule has 74 valence electrons. The molecule has 1 aromatic carbocycles. The fraction of sp³-hybridized carbons (Fsp3) is 0.222. The first-order chi connectivity index (χ1) is 6.65. The SMILES string of the molecule is CN(C)Nc1nc2ccc(N)cc2s1. The number of rotatable bonds is 2. The second kappa shape index (κ2) is 3.43. The number of benzene rings is 1. The molecule has 2 aromatic rings. The van der Waals surface area contributed by atoms with Gasteiger partial charge in [-0.25, -0.2) is 9.99 Å². The van der Waals surface area contributed by atoms with Gasteiger partial charge in [0, 0.05) is 19.8 Å². The number of thiazole rings is 1. The molecule has 0 aliphatic carbocycles. The number of hydrogen-bond acceptors (Lipinski definition) is 5. The van der Waals surface area contributed by atoms with Crippen LogP contribution in [0.5, 0.6) is 0 Å². The lowest BCUT2D eigenvalue weighted by atomic mass is 10.3. The van der Waals surface area contributed by atoms with E-state index in [0.29, 0.717) is 0 Å². The molecule has 1 heterocycles. The van der Waals surface area contributed by atoms with Gasteiger partial charge >= 0.3 is 0 Å². The molecular weight excluding hydrogens is 196 g/mol. The van der Waals surface area contributed by atoms with Gasteiger partial charge < -0.3 is 5.73 Å². The van der Waals surface area contributed by atoms with Crippen LogP contribution in [0.4, 0.5) is 10.8 Å². The molecule has 0 saturated carbocycles. The lowest BCUT2D eigenvalue weighted by Gasteiger charge is -2.08. The number of nitrogens with two attached hydrogens (primary N) is 1. The van der Waals surface area contributed by atoms with Crippen molar-refractivity contribution in [1.29, 1.82) is 0 Å². The normalized spacial score (nSPS) is 11.1. The number of nitrogens with one attached hydrogen (secondary N) is 1. The second-order valence-corrected chi connectivity index (χ2v) is 4.28. The van der Waals surface area contributed by atoms with Crippen molar-refractivity contribution in [3.63, 3.8) is 0 Å². The van der Waals surface area contributed by atoms with E-state index in [1.54, 1.807) is 11.3 Å². The predicted molar refractivity (Wildman–Crippen MR) is 61.3 cm³/mol. The van der Waals surface area contributed by atoms with E-state index in [0.717, 1.165) is 21.0 Å². The number of hydrogen-bond donors (Lipinski definition) is 2. The third kappa shape index (κ3) is 1.78. The molecule has 0 fully saturated rings. The quantitative estimate of drug-likeness (QED) is 0.583. The monoisotopic (exact) mass is 208 g/mol. The minimum atomic E-state index is 0.776. The largest absolute Gasteiger partial charge is 0.399 e. The average molecular weight is 208 g/mol. The molecule has 0 unspecified atom stereocenters. The minimum absolute atomic E-state index is 0.776. The fourth-order valence-corrected chi connectivity index (χ4v) is 2.17. The zero-order chi connectivity index (χ0) is 10.1. The van der Waals surface area contributed by atoms with Gasteiger partial charge in [-0.3, -0.25) is 5.43 Å². The highest BCUT2D eigenvalue weighted by Crippen LogP contribution is 2.27. The standard InChI is InChI=1S/C9H12N4S/c1-13(2)12-9-11-7-4-3-6(10)5-8(7)14-9/h3-5H,10H2,1-2H3,(H,11,12). The molecule has 14 heavy (non-hydrogen) atoms. The smallest absolute Gasteiger partial charge is 0.198 e. The minimum Gasteiger partial charge on any atom is -0.399 e. The third-order valence-electron chi connectivity index (χ3n) is 1.73. The Morgan fingerprint density at radius 3 is 2.93 bits per heavy atom. The maximum Gasteiger partial charge on any atom is 0.198 e. The molecule has 5 heteroatoms. The maximum atomic E-state index is 5.68. The summed E-state index contributed by atoms with van der Waals surface area (Å²) in [6.45, 7) is 0. The molecule has 2 rings (SSSR count). The van der Waals surface area contributed by atoms with Crippen molar-refractivity contribution in [2.75, 3.05) is 25.3 Å². The molecule has 0 atom stereocenters. The van der Waals surface area contributed by atoms with E-state index >= 15 is 0 Å². The molecule has 0 spiro atoms. The molecule has 0 radical (unpaired) electrons. The lowest BCUT2D eigenvalue weighted by molar-refractivity contribution is 0.495. The first-order valence-corrected chi connectivity index (χ1v) is 5.07. The zero-order valence-electron chi connectivity index (χ0n) is 8.11. The Bertz CT molecular complexity index is 449. The van der Waals surface area contributed by atoms with E-state index in [-0.39, 0.29) is 0 Å². The van der Waals surface area contributed by atoms with Crippen molar-refractivity contribution in [1.82, 2.24) is 9.99 Å². The van der Waals surface area contributed by atoms with E-state index < -0.39 is 0 Å². The van der Waals surface area contributed by atoms with Gasteiger partial charge in [0.1, 0.15) is 0 Å². The summed E-state index contributed by atoms with van der Waals surface area (Å²) in [5.74, 6) is 0. The van der Waals surface area contributed by atoms with Gasteiger partial charge in [-0.1, -0.05) is 11.3 Å². The topological polar surface area (TPSA) is 54.2 Å². The highest BCUT2D eigenvalue weighted by atomic mass is 32.1. The van der Waals surface area contributed by atoms with Crippen molar-refractivity contribution in [2.45, 2.75) is 0 Å². The molecular formula is C9H12N4S. The Morgan fingerprint density at radius 1 is 1.43 bits per heavy atom. The van der Waals surface area contributed by atoms with Crippen LogP contribution in [0.1, 0.15) is 0 Å². The Labute approximate surface area is 86.3 Å². The molecule has 1 aromatic heterocycles. The maximum absolute atomic E-state index is 5.68. The summed E-state index contributed by atoms with van der Waals surface area (Å²) in [5, 5.41) is 2.75. The third-order valence-corrected chi connectivity index (χ3v) is 2.65. The first-order valence-electron chi connectivity index (χ1n) is 4.25. The summed E-state index contributed by atoms with van der Waals surface area (Å²) in [6.07, 6.45) is 0. The van der Waals surface area contributed by atoms with Crippen molar-refractivity contribution in [3.8, 4) is 0 Å². The molecule has 0 bridgehead atoms. The number of nitrogen functional groups attached to an aromatic ring is 1. The van der Waals surface area contributed by atoms with E-state index in [2.05, 4.69) is 10.4 Å². The number of aromatic nitrogens is 1. The van der Waals surface area contributed by atoms with E-state index in [1.807, 2.05) is 37.3 Å². The Balaban J connectivity index is 2.41. The summed E-state index contributed by atoms with van der Waals surface area (Å²) in [5.41, 5.74) is 10.6. The summed E-state index contributed by atoms with van der Waals surface area (Å²) < 4.78 is 1.11. The van der Waals surface area contributed by atoms with Crippen molar-refractivity contribution in [2.24, 2.45) is 0 Å². The second-order valence-electron chi connectivity index (χ2n) is 3.25. The van der Waals surface area contributed by atoms with Gasteiger partial charge in [-0.2, -0.15) is 0 Å². The highest BCUT2D eigenvalue weighted by molar-refractivity contribution is 7.22. The van der Waals surface area contributed by atoms with Crippen LogP contribution in [0.15, 0.2) is 18.2 Å². The van der Waals surface area contributed by atoms with Crippen LogP contribution < -0.4 is 11.2 Å². The van der Waals surface area contributed by atoms with Gasteiger partial charge in [0.25, 0.3) is 0 Å². The molecule has 0 aliphatic heterocycles. The molecule has 3 N–H and O–H groups in total. The van der Waals surface area contributed by atoms with Crippen LogP contribution in [0.25, 0.3) is 10.2 Å². The lowest BCUT2D eigenvalue weighted by Crippen LogP contribution is -2.19. The first kappa shape index (κ1) is 9.23. The van der Waals surface area contributed by atoms with Crippen LogP contribution in [0.3, 0.4) is 0 Å².